The fourth-order valence-electron chi connectivity index (χ4n) is 1.65. The lowest BCUT2D eigenvalue weighted by Crippen LogP contribution is -2.13. The Morgan fingerprint density at radius 1 is 1.33 bits per heavy atom. The molecule has 0 aliphatic heterocycles. The van der Waals surface area contributed by atoms with Crippen molar-refractivity contribution in [2.24, 2.45) is 11.7 Å². The summed E-state index contributed by atoms with van der Waals surface area (Å²) < 4.78 is 24.0. The summed E-state index contributed by atoms with van der Waals surface area (Å²) in [6.07, 6.45) is 0.682. The highest BCUT2D eigenvalue weighted by atomic mass is 35.5. The summed E-state index contributed by atoms with van der Waals surface area (Å²) in [5.74, 6) is 0.130. The first-order valence-corrected chi connectivity index (χ1v) is 6.67. The van der Waals surface area contributed by atoms with Gasteiger partial charge in [-0.1, -0.05) is 11.6 Å². The Morgan fingerprint density at radius 3 is 2.40 bits per heavy atom. The van der Waals surface area contributed by atoms with E-state index in [-0.39, 0.29) is 11.2 Å². The van der Waals surface area contributed by atoms with Crippen molar-refractivity contribution in [2.45, 2.75) is 16.6 Å². The van der Waals surface area contributed by atoms with Crippen LogP contribution >= 0.6 is 11.6 Å². The highest BCUT2D eigenvalue weighted by Gasteiger charge is 2.46. The van der Waals surface area contributed by atoms with Gasteiger partial charge in [-0.3, -0.25) is 0 Å². The minimum Gasteiger partial charge on any atom is -0.330 e. The van der Waals surface area contributed by atoms with E-state index in [0.29, 0.717) is 22.9 Å². The van der Waals surface area contributed by atoms with Crippen LogP contribution < -0.4 is 5.73 Å². The Morgan fingerprint density at radius 2 is 1.93 bits per heavy atom. The van der Waals surface area contributed by atoms with Gasteiger partial charge < -0.3 is 5.73 Å². The Kier molecular flexibility index (Phi) is 2.75. The van der Waals surface area contributed by atoms with Crippen molar-refractivity contribution in [2.75, 3.05) is 6.54 Å². The first kappa shape index (κ1) is 10.9. The molecule has 5 heteroatoms. The number of benzene rings is 1. The molecule has 0 unspecified atom stereocenters. The molecule has 0 radical (unpaired) electrons. The minimum absolute atomic E-state index is 0.130. The van der Waals surface area contributed by atoms with Gasteiger partial charge in [0.05, 0.1) is 10.1 Å². The fraction of sp³-hybridized carbons (Fsp3) is 0.400. The van der Waals surface area contributed by atoms with E-state index in [1.54, 1.807) is 24.3 Å². The minimum atomic E-state index is -3.18. The summed E-state index contributed by atoms with van der Waals surface area (Å²) in [5, 5.41) is 0.254. The van der Waals surface area contributed by atoms with Crippen molar-refractivity contribution in [1.82, 2.24) is 0 Å². The van der Waals surface area contributed by atoms with Gasteiger partial charge in [-0.15, -0.1) is 0 Å². The van der Waals surface area contributed by atoms with E-state index in [1.165, 1.54) is 0 Å². The third-order valence-electron chi connectivity index (χ3n) is 2.70. The van der Waals surface area contributed by atoms with E-state index in [0.717, 1.165) is 0 Å². The van der Waals surface area contributed by atoms with Gasteiger partial charge in [0.25, 0.3) is 0 Å². The van der Waals surface area contributed by atoms with Crippen LogP contribution in [0.25, 0.3) is 0 Å². The van der Waals surface area contributed by atoms with Crippen LogP contribution in [0.5, 0.6) is 0 Å². The van der Waals surface area contributed by atoms with Gasteiger partial charge in [0, 0.05) is 5.02 Å². The van der Waals surface area contributed by atoms with Crippen LogP contribution in [0.4, 0.5) is 0 Å². The monoisotopic (exact) mass is 245 g/mol. The third-order valence-corrected chi connectivity index (χ3v) is 5.26. The Balaban J connectivity index is 2.27. The average Bonchev–Trinajstić information content (AvgIpc) is 2.98. The van der Waals surface area contributed by atoms with Gasteiger partial charge in [-0.2, -0.15) is 0 Å². The molecule has 1 aliphatic rings. The Bertz CT molecular complexity index is 455. The van der Waals surface area contributed by atoms with E-state index >= 15 is 0 Å². The molecule has 1 aliphatic carbocycles. The second-order valence-electron chi connectivity index (χ2n) is 3.77. The van der Waals surface area contributed by atoms with E-state index in [2.05, 4.69) is 0 Å². The Labute approximate surface area is 94.2 Å². The molecule has 0 aromatic heterocycles. The predicted molar refractivity (Wildman–Crippen MR) is 59.6 cm³/mol. The zero-order valence-corrected chi connectivity index (χ0v) is 9.63. The van der Waals surface area contributed by atoms with Gasteiger partial charge in [0.1, 0.15) is 0 Å². The van der Waals surface area contributed by atoms with Gasteiger partial charge in [-0.25, -0.2) is 8.42 Å². The van der Waals surface area contributed by atoms with Gasteiger partial charge in [-0.05, 0) is 43.1 Å². The van der Waals surface area contributed by atoms with E-state index < -0.39 is 9.84 Å². The summed E-state index contributed by atoms with van der Waals surface area (Å²) in [6.45, 7) is 0.442. The van der Waals surface area contributed by atoms with Crippen molar-refractivity contribution in [3.63, 3.8) is 0 Å². The van der Waals surface area contributed by atoms with Crippen LogP contribution in [0.3, 0.4) is 0 Å². The highest BCUT2D eigenvalue weighted by molar-refractivity contribution is 7.92. The number of sulfone groups is 1. The van der Waals surface area contributed by atoms with E-state index in [4.69, 9.17) is 17.3 Å². The van der Waals surface area contributed by atoms with Gasteiger partial charge in [0.15, 0.2) is 9.84 Å². The normalized spacial score (nSPS) is 25.2. The molecule has 0 bridgehead atoms. The zero-order chi connectivity index (χ0) is 11.1. The summed E-state index contributed by atoms with van der Waals surface area (Å²) in [4.78, 5) is 0.341. The standard InChI is InChI=1S/C10H12ClNO2S/c11-8-1-3-9(4-2-8)15(13,14)10-5-7(10)6-12/h1-4,7,10H,5-6,12H2/t7-,10+/m1/s1. The molecule has 2 N–H and O–H groups in total. The lowest BCUT2D eigenvalue weighted by Gasteiger charge is -2.03. The van der Waals surface area contributed by atoms with Crippen LogP contribution in [0.1, 0.15) is 6.42 Å². The molecule has 1 fully saturated rings. The second kappa shape index (κ2) is 3.77. The predicted octanol–water partition coefficient (Wildman–Crippen LogP) is 1.46. The molecule has 3 nitrogen and oxygen atoms in total. The SMILES string of the molecule is NC[C@H]1C[C@@H]1S(=O)(=O)c1ccc(Cl)cc1. The molecule has 0 spiro atoms. The number of nitrogens with two attached hydrogens (primary N) is 1. The van der Waals surface area contributed by atoms with Crippen LogP contribution in [0.2, 0.25) is 5.02 Å². The van der Waals surface area contributed by atoms with Crippen molar-refractivity contribution < 1.29 is 8.42 Å². The quantitative estimate of drug-likeness (QED) is 0.877. The molecule has 82 valence electrons. The highest BCUT2D eigenvalue weighted by Crippen LogP contribution is 2.39. The molecule has 2 rings (SSSR count). The molecule has 1 aromatic rings. The van der Waals surface area contributed by atoms with E-state index in [1.807, 2.05) is 0 Å². The maximum atomic E-state index is 12.0. The molecule has 1 saturated carbocycles. The molecular weight excluding hydrogens is 234 g/mol. The summed E-state index contributed by atoms with van der Waals surface area (Å²) in [7, 11) is -3.18. The van der Waals surface area contributed by atoms with Crippen molar-refractivity contribution in [3.8, 4) is 0 Å². The summed E-state index contributed by atoms with van der Waals surface area (Å²) >= 11 is 5.70. The lowest BCUT2D eigenvalue weighted by molar-refractivity contribution is 0.592. The van der Waals surface area contributed by atoms with Crippen LogP contribution in [0.15, 0.2) is 29.2 Å². The topological polar surface area (TPSA) is 60.2 Å². The summed E-state index contributed by atoms with van der Waals surface area (Å²) in [5.41, 5.74) is 5.44. The van der Waals surface area contributed by atoms with Crippen molar-refractivity contribution in [3.05, 3.63) is 29.3 Å². The first-order valence-electron chi connectivity index (χ1n) is 4.75. The molecule has 1 aromatic carbocycles. The van der Waals surface area contributed by atoms with E-state index in [9.17, 15) is 8.42 Å². The van der Waals surface area contributed by atoms with Crippen LogP contribution in [-0.4, -0.2) is 20.2 Å². The van der Waals surface area contributed by atoms with Crippen molar-refractivity contribution in [1.29, 1.82) is 0 Å². The van der Waals surface area contributed by atoms with Crippen molar-refractivity contribution >= 4 is 21.4 Å². The van der Waals surface area contributed by atoms with Crippen LogP contribution in [0, 0.1) is 5.92 Å². The number of hydrogen-bond donors (Lipinski definition) is 1. The Hall–Kier alpha value is -0.580. The maximum absolute atomic E-state index is 12.0. The summed E-state index contributed by atoms with van der Waals surface area (Å²) in [6, 6.07) is 6.27. The van der Waals surface area contributed by atoms with Gasteiger partial charge in [0.2, 0.25) is 0 Å². The van der Waals surface area contributed by atoms with Gasteiger partial charge >= 0.3 is 0 Å². The molecule has 0 amide bonds. The number of hydrogen-bond acceptors (Lipinski definition) is 3. The molecule has 15 heavy (non-hydrogen) atoms. The third kappa shape index (κ3) is 2.02. The molecule has 2 atom stereocenters. The molecule has 0 heterocycles. The van der Waals surface area contributed by atoms with Crippen LogP contribution in [-0.2, 0) is 9.84 Å². The number of rotatable bonds is 3. The fourth-order valence-corrected chi connectivity index (χ4v) is 3.76. The zero-order valence-electron chi connectivity index (χ0n) is 8.06. The largest absolute Gasteiger partial charge is 0.330 e. The lowest BCUT2D eigenvalue weighted by atomic mass is 10.4. The smallest absolute Gasteiger partial charge is 0.181 e. The average molecular weight is 246 g/mol. The maximum Gasteiger partial charge on any atom is 0.181 e. The molecular formula is C10H12ClNO2S. The first-order chi connectivity index (χ1) is 7.05. The number of halogens is 1. The second-order valence-corrected chi connectivity index (χ2v) is 6.37. The molecule has 0 saturated heterocycles.